The van der Waals surface area contributed by atoms with E-state index in [1.807, 2.05) is 33.8 Å². The van der Waals surface area contributed by atoms with Gasteiger partial charge in [0.05, 0.1) is 74.6 Å². The largest absolute Gasteiger partial charge is 0.463 e. The number of ether oxygens (including phenoxy) is 6. The van der Waals surface area contributed by atoms with E-state index >= 15 is 0 Å². The molecule has 17 nitrogen and oxygen atoms in total. The Balaban J connectivity index is 0.000000488. The fraction of sp³-hybridized carbons (Fsp3) is 0.750. The van der Waals surface area contributed by atoms with Crippen LogP contribution in [-0.2, 0) is 57.2 Å². The second-order valence-electron chi connectivity index (χ2n) is 16.4. The molecule has 0 bridgehead atoms. The van der Waals surface area contributed by atoms with Crippen molar-refractivity contribution >= 4 is 35.6 Å². The maximum absolute atomic E-state index is 12.0. The Morgan fingerprint density at radius 3 is 1.38 bits per heavy atom. The number of hydrogen-bond acceptors (Lipinski definition) is 14. The van der Waals surface area contributed by atoms with Crippen LogP contribution in [0.3, 0.4) is 0 Å². The molecule has 0 fully saturated rings. The van der Waals surface area contributed by atoms with Crippen LogP contribution in [0.25, 0.3) is 0 Å². The minimum absolute atomic E-state index is 0.0613. The van der Waals surface area contributed by atoms with Crippen LogP contribution in [0.1, 0.15) is 147 Å². The molecule has 17 heteroatoms. The van der Waals surface area contributed by atoms with Crippen molar-refractivity contribution in [3.63, 3.8) is 0 Å². The molecule has 0 aromatic heterocycles. The fourth-order valence-corrected chi connectivity index (χ4v) is 7.81. The first kappa shape index (κ1) is 58.9. The van der Waals surface area contributed by atoms with Gasteiger partial charge in [-0.15, -0.1) is 0 Å². The zero-order valence-corrected chi connectivity index (χ0v) is 41.3. The van der Waals surface area contributed by atoms with Gasteiger partial charge in [-0.3, -0.25) is 14.4 Å². The molecule has 3 rings (SSSR count). The quantitative estimate of drug-likeness (QED) is 0.0758. The van der Waals surface area contributed by atoms with E-state index in [2.05, 4.69) is 29.8 Å². The Hall–Kier alpha value is -4.16. The summed E-state index contributed by atoms with van der Waals surface area (Å²) in [5.41, 5.74) is 14.0. The van der Waals surface area contributed by atoms with Gasteiger partial charge >= 0.3 is 17.9 Å². The van der Waals surface area contributed by atoms with Gasteiger partial charge in [-0.1, -0.05) is 53.7 Å². The number of carbonyl (C=O) groups excluding carboxylic acids is 6. The summed E-state index contributed by atoms with van der Waals surface area (Å²) in [6, 6.07) is -1.61. The van der Waals surface area contributed by atoms with Crippen LogP contribution in [0, 0.1) is 0 Å². The van der Waals surface area contributed by atoms with Gasteiger partial charge < -0.3 is 55.8 Å². The molecule has 3 aliphatic carbocycles. The zero-order valence-electron chi connectivity index (χ0n) is 41.3. The highest BCUT2D eigenvalue weighted by molar-refractivity contribution is 5.90. The molecule has 0 saturated heterocycles. The topological polar surface area (TPSA) is 246 Å². The van der Waals surface area contributed by atoms with Crippen LogP contribution < -0.4 is 27.4 Å². The number of nitrogens with two attached hydrogens (primary N) is 2. The molecule has 0 spiro atoms. The first-order chi connectivity index (χ1) is 30.9. The van der Waals surface area contributed by atoms with Gasteiger partial charge in [0.15, 0.2) is 0 Å². The normalized spacial score (nSPS) is 23.9. The van der Waals surface area contributed by atoms with Gasteiger partial charge in [-0.05, 0) is 78.2 Å². The summed E-state index contributed by atoms with van der Waals surface area (Å²) in [6.07, 6.45) is 11.8. The standard InChI is InChI=1S/2C16H28N2O4.C16H27NO4/c2*1-5-12(6-2)22-14-9-11(16(20)21-7-3)8-13(17)15(14)18-10(4)19;1-5-13(6-2)21-15-10-12(16(19)20-7-3)8-9-14(15)17-11(4)18/h9,12-15H,5-8,17H2,1-4H3,(H,18,19);8,12-15H,5-7,9,17H2,1-4H3,(H,18,19);8,13-15H,5-7,9-10H2,1-4H3,(H,17,18)/t2*13-,14+,15+;14-,15-/m001/s1. The van der Waals surface area contributed by atoms with Crippen LogP contribution in [0.2, 0.25) is 0 Å². The van der Waals surface area contributed by atoms with Crippen molar-refractivity contribution in [2.75, 3.05) is 19.8 Å². The smallest absolute Gasteiger partial charge is 0.333 e. The monoisotopic (exact) mass is 922 g/mol. The highest BCUT2D eigenvalue weighted by atomic mass is 16.5. The summed E-state index contributed by atoms with van der Waals surface area (Å²) < 4.78 is 33.4. The first-order valence-electron chi connectivity index (χ1n) is 23.8. The van der Waals surface area contributed by atoms with Gasteiger partial charge in [0.2, 0.25) is 17.7 Å². The predicted octanol–water partition coefficient (Wildman–Crippen LogP) is 4.92. The van der Waals surface area contributed by atoms with E-state index in [4.69, 9.17) is 39.9 Å². The Morgan fingerprint density at radius 1 is 0.538 bits per heavy atom. The van der Waals surface area contributed by atoms with E-state index in [0.29, 0.717) is 62.2 Å². The van der Waals surface area contributed by atoms with Crippen LogP contribution in [0.5, 0.6) is 0 Å². The van der Waals surface area contributed by atoms with Crippen LogP contribution in [0.4, 0.5) is 0 Å². The Labute approximate surface area is 388 Å². The van der Waals surface area contributed by atoms with Crippen molar-refractivity contribution in [1.29, 1.82) is 0 Å². The van der Waals surface area contributed by atoms with Crippen LogP contribution in [-0.4, -0.2) is 122 Å². The summed E-state index contributed by atoms with van der Waals surface area (Å²) in [6.45, 7) is 23.0. The molecular formula is C48H83N5O12. The van der Waals surface area contributed by atoms with Gasteiger partial charge in [0.1, 0.15) is 0 Å². The van der Waals surface area contributed by atoms with E-state index < -0.39 is 12.1 Å². The van der Waals surface area contributed by atoms with Gasteiger partial charge in [-0.2, -0.15) is 0 Å². The molecule has 0 radical (unpaired) electrons. The summed E-state index contributed by atoms with van der Waals surface area (Å²) in [7, 11) is 0. The molecular weight excluding hydrogens is 839 g/mol. The lowest BCUT2D eigenvalue weighted by Gasteiger charge is -2.37. The summed E-state index contributed by atoms with van der Waals surface area (Å²) in [4.78, 5) is 69.9. The maximum atomic E-state index is 12.0. The zero-order chi connectivity index (χ0) is 49.2. The second-order valence-corrected chi connectivity index (χ2v) is 16.4. The maximum Gasteiger partial charge on any atom is 0.333 e. The van der Waals surface area contributed by atoms with Crippen molar-refractivity contribution < 1.29 is 57.2 Å². The first-order valence-corrected chi connectivity index (χ1v) is 23.8. The third-order valence-electron chi connectivity index (χ3n) is 11.3. The number of nitrogens with one attached hydrogen (secondary N) is 3. The highest BCUT2D eigenvalue weighted by Gasteiger charge is 2.38. The van der Waals surface area contributed by atoms with Crippen molar-refractivity contribution in [1.82, 2.24) is 16.0 Å². The van der Waals surface area contributed by atoms with E-state index in [0.717, 1.165) is 38.5 Å². The van der Waals surface area contributed by atoms with Crippen LogP contribution in [0.15, 0.2) is 34.9 Å². The van der Waals surface area contributed by atoms with Gasteiger partial charge in [0.25, 0.3) is 0 Å². The van der Waals surface area contributed by atoms with E-state index in [1.54, 1.807) is 32.9 Å². The summed E-state index contributed by atoms with van der Waals surface area (Å²) in [5.74, 6) is -1.41. The summed E-state index contributed by atoms with van der Waals surface area (Å²) in [5, 5.41) is 8.60. The van der Waals surface area contributed by atoms with Crippen molar-refractivity contribution in [2.45, 2.75) is 214 Å². The van der Waals surface area contributed by atoms with E-state index in [-0.39, 0.29) is 90.3 Å². The van der Waals surface area contributed by atoms with Crippen molar-refractivity contribution in [3.05, 3.63) is 34.9 Å². The Kier molecular flexibility index (Phi) is 28.7. The third-order valence-corrected chi connectivity index (χ3v) is 11.3. The Morgan fingerprint density at radius 2 is 0.938 bits per heavy atom. The predicted molar refractivity (Wildman–Crippen MR) is 249 cm³/mol. The van der Waals surface area contributed by atoms with Crippen LogP contribution >= 0.6 is 0 Å². The van der Waals surface area contributed by atoms with E-state index in [9.17, 15) is 28.8 Å². The van der Waals surface area contributed by atoms with Gasteiger partial charge in [-0.25, -0.2) is 14.4 Å². The highest BCUT2D eigenvalue weighted by Crippen LogP contribution is 2.27. The molecule has 372 valence electrons. The SMILES string of the molecule is CCOC(=O)C1=CC[C@@H](NC(C)=O)[C@H](OC(CC)CC)C1.CCOC(=O)C1=C[C@@H](OC(CC)CC)[C@H](NC(C)=O)[C@@H](N)C1.CCOC(=O)C1=C[C@H](N)[C@@H](NC(C)=O)[C@H](OC(CC)CC)C1. The number of hydrogen-bond donors (Lipinski definition) is 5. The minimum Gasteiger partial charge on any atom is -0.463 e. The molecule has 8 atom stereocenters. The molecule has 3 amide bonds. The van der Waals surface area contributed by atoms with E-state index in [1.165, 1.54) is 20.8 Å². The average molecular weight is 922 g/mol. The van der Waals surface area contributed by atoms with Crippen molar-refractivity contribution in [3.8, 4) is 0 Å². The summed E-state index contributed by atoms with van der Waals surface area (Å²) >= 11 is 0. The van der Waals surface area contributed by atoms with Crippen molar-refractivity contribution in [2.24, 2.45) is 11.5 Å². The molecule has 0 aromatic carbocycles. The lowest BCUT2D eigenvalue weighted by molar-refractivity contribution is -0.140. The molecule has 65 heavy (non-hydrogen) atoms. The Bertz CT molecular complexity index is 1580. The molecule has 3 aliphatic rings. The molecule has 0 aromatic rings. The molecule has 0 aliphatic heterocycles. The lowest BCUT2D eigenvalue weighted by atomic mass is 9.88. The number of carbonyl (C=O) groups is 6. The second kappa shape index (κ2) is 31.7. The number of esters is 3. The average Bonchev–Trinajstić information content (AvgIpc) is 3.26. The molecule has 0 saturated carbocycles. The molecule has 0 unspecified atom stereocenters. The number of rotatable bonds is 21. The third kappa shape index (κ3) is 20.9. The fourth-order valence-electron chi connectivity index (χ4n) is 7.81. The minimum atomic E-state index is -0.476. The number of amides is 3. The molecule has 0 heterocycles. The van der Waals surface area contributed by atoms with Gasteiger partial charge in [0, 0.05) is 62.4 Å². The lowest BCUT2D eigenvalue weighted by Crippen LogP contribution is -2.57. The molecule has 7 N–H and O–H groups in total.